The van der Waals surface area contributed by atoms with E-state index < -0.39 is 27.1 Å². The van der Waals surface area contributed by atoms with Gasteiger partial charge in [0.2, 0.25) is 0 Å². The average molecular weight is 309 g/mol. The summed E-state index contributed by atoms with van der Waals surface area (Å²) < 4.78 is 22.2. The highest BCUT2D eigenvalue weighted by molar-refractivity contribution is 7.70. The second-order valence-corrected chi connectivity index (χ2v) is 8.21. The molecular weight excluding hydrogens is 292 g/mol. The predicted molar refractivity (Wildman–Crippen MR) is 70.7 cm³/mol. The summed E-state index contributed by atoms with van der Waals surface area (Å²) in [6, 6.07) is 8.77. The molecule has 0 amide bonds. The van der Waals surface area contributed by atoms with Crippen LogP contribution in [0.1, 0.15) is 18.5 Å². The molecule has 0 saturated heterocycles. The Kier molecular flexibility index (Phi) is 5.47. The van der Waals surface area contributed by atoms with Gasteiger partial charge >= 0.3 is 15.2 Å². The van der Waals surface area contributed by atoms with Crippen LogP contribution >= 0.6 is 15.2 Å². The van der Waals surface area contributed by atoms with E-state index in [4.69, 9.17) is 19.6 Å². The molecule has 0 saturated carbocycles. The minimum absolute atomic E-state index is 0.276. The highest BCUT2D eigenvalue weighted by Crippen LogP contribution is 2.59. The lowest BCUT2D eigenvalue weighted by atomic mass is 10.1. The first-order valence-electron chi connectivity index (χ1n) is 5.51. The van der Waals surface area contributed by atoms with E-state index in [0.29, 0.717) is 0 Å². The fourth-order valence-corrected chi connectivity index (χ4v) is 3.83. The SMILES string of the molecule is CC(NCC(P(=O)(O)O)P(=O)(O)O)c1ccccc1. The maximum absolute atomic E-state index is 11.1. The van der Waals surface area contributed by atoms with Crippen molar-refractivity contribution in [1.82, 2.24) is 5.32 Å². The third-order valence-electron chi connectivity index (χ3n) is 2.68. The molecule has 0 spiro atoms. The molecule has 7 nitrogen and oxygen atoms in total. The van der Waals surface area contributed by atoms with E-state index in [1.807, 2.05) is 18.2 Å². The molecule has 1 rings (SSSR count). The lowest BCUT2D eigenvalue weighted by Crippen LogP contribution is -2.29. The van der Waals surface area contributed by atoms with Gasteiger partial charge in [-0.2, -0.15) is 0 Å². The van der Waals surface area contributed by atoms with E-state index in [2.05, 4.69) is 5.32 Å². The molecule has 9 heteroatoms. The number of benzene rings is 1. The van der Waals surface area contributed by atoms with E-state index in [-0.39, 0.29) is 6.04 Å². The smallest absolute Gasteiger partial charge is 0.324 e. The van der Waals surface area contributed by atoms with Crippen LogP contribution in [0.15, 0.2) is 30.3 Å². The molecule has 108 valence electrons. The lowest BCUT2D eigenvalue weighted by molar-refractivity contribution is 0.334. The van der Waals surface area contributed by atoms with Crippen molar-refractivity contribution in [3.63, 3.8) is 0 Å². The number of rotatable bonds is 6. The second-order valence-electron chi connectivity index (χ2n) is 4.20. The van der Waals surface area contributed by atoms with Gasteiger partial charge in [0, 0.05) is 12.6 Å². The molecule has 0 aliphatic heterocycles. The molecule has 0 radical (unpaired) electrons. The molecule has 0 fully saturated rings. The summed E-state index contributed by atoms with van der Waals surface area (Å²) in [5.74, 6) is 0. The van der Waals surface area contributed by atoms with E-state index in [1.165, 1.54) is 0 Å². The fraction of sp³-hybridized carbons (Fsp3) is 0.400. The zero-order valence-electron chi connectivity index (χ0n) is 10.2. The van der Waals surface area contributed by atoms with Crippen LogP contribution in [0.2, 0.25) is 0 Å². The van der Waals surface area contributed by atoms with Gasteiger partial charge in [0.25, 0.3) is 0 Å². The molecule has 1 atom stereocenters. The second kappa shape index (κ2) is 6.29. The molecule has 0 aliphatic rings. The monoisotopic (exact) mass is 309 g/mol. The van der Waals surface area contributed by atoms with E-state index in [0.717, 1.165) is 5.56 Å². The molecule has 1 unspecified atom stereocenters. The predicted octanol–water partition coefficient (Wildman–Crippen LogP) is 1.02. The summed E-state index contributed by atoms with van der Waals surface area (Å²) in [7, 11) is -9.74. The van der Waals surface area contributed by atoms with Gasteiger partial charge in [-0.05, 0) is 12.5 Å². The Morgan fingerprint density at radius 3 is 1.95 bits per heavy atom. The summed E-state index contributed by atoms with van der Waals surface area (Å²) in [5, 5.41) is 0.706. The number of hydrogen-bond acceptors (Lipinski definition) is 3. The first kappa shape index (κ1) is 16.5. The van der Waals surface area contributed by atoms with Crippen LogP contribution in [-0.4, -0.2) is 31.5 Å². The molecule has 1 aromatic rings. The summed E-state index contributed by atoms with van der Waals surface area (Å²) in [6.07, 6.45) is 0. The van der Waals surface area contributed by atoms with Crippen LogP contribution in [0.4, 0.5) is 0 Å². The summed E-state index contributed by atoms with van der Waals surface area (Å²) in [6.45, 7) is 1.27. The van der Waals surface area contributed by atoms with Crippen LogP contribution < -0.4 is 5.32 Å². The number of nitrogens with one attached hydrogen (secondary N) is 1. The van der Waals surface area contributed by atoms with Crippen molar-refractivity contribution >= 4 is 15.2 Å². The van der Waals surface area contributed by atoms with Crippen LogP contribution in [0, 0.1) is 0 Å². The summed E-state index contributed by atoms with van der Waals surface area (Å²) in [5.41, 5.74) is 0.859. The normalized spacial score (nSPS) is 14.6. The molecule has 19 heavy (non-hydrogen) atoms. The van der Waals surface area contributed by atoms with Gasteiger partial charge in [-0.15, -0.1) is 0 Å². The zero-order valence-corrected chi connectivity index (χ0v) is 12.0. The molecule has 5 N–H and O–H groups in total. The minimum Gasteiger partial charge on any atom is -0.324 e. The first-order valence-corrected chi connectivity index (χ1v) is 8.87. The van der Waals surface area contributed by atoms with Gasteiger partial charge in [-0.1, -0.05) is 30.3 Å². The Morgan fingerprint density at radius 1 is 1.05 bits per heavy atom. The van der Waals surface area contributed by atoms with Gasteiger partial charge < -0.3 is 24.9 Å². The van der Waals surface area contributed by atoms with Gasteiger partial charge in [-0.25, -0.2) is 0 Å². The molecule has 1 aromatic carbocycles. The summed E-state index contributed by atoms with van der Waals surface area (Å²) in [4.78, 5) is 35.9. The van der Waals surface area contributed by atoms with Crippen molar-refractivity contribution in [2.75, 3.05) is 6.54 Å². The van der Waals surface area contributed by atoms with E-state index in [9.17, 15) is 9.13 Å². The maximum atomic E-state index is 11.1. The Hall–Kier alpha value is -0.520. The highest BCUT2D eigenvalue weighted by atomic mass is 31.2. The average Bonchev–Trinajstić information content (AvgIpc) is 2.26. The van der Waals surface area contributed by atoms with Crippen LogP contribution in [-0.2, 0) is 9.13 Å². The third-order valence-corrected chi connectivity index (χ3v) is 6.41. The Balaban J connectivity index is 2.74. The van der Waals surface area contributed by atoms with Crippen LogP contribution in [0.3, 0.4) is 0 Å². The minimum atomic E-state index is -4.87. The largest absolute Gasteiger partial charge is 0.342 e. The molecule has 0 heterocycles. The van der Waals surface area contributed by atoms with Gasteiger partial charge in [0.05, 0.1) is 0 Å². The van der Waals surface area contributed by atoms with Crippen molar-refractivity contribution in [2.45, 2.75) is 18.4 Å². The van der Waals surface area contributed by atoms with Gasteiger partial charge in [-0.3, -0.25) is 9.13 Å². The van der Waals surface area contributed by atoms with Crippen molar-refractivity contribution in [1.29, 1.82) is 0 Å². The van der Waals surface area contributed by atoms with Crippen LogP contribution in [0.25, 0.3) is 0 Å². The Morgan fingerprint density at radius 2 is 1.53 bits per heavy atom. The Bertz CT molecular complexity index is 474. The van der Waals surface area contributed by atoms with Gasteiger partial charge in [0.15, 0.2) is 5.40 Å². The lowest BCUT2D eigenvalue weighted by Gasteiger charge is -2.22. The maximum Gasteiger partial charge on any atom is 0.342 e. The van der Waals surface area contributed by atoms with E-state index >= 15 is 0 Å². The first-order chi connectivity index (χ1) is 8.62. The molecule has 0 bridgehead atoms. The van der Waals surface area contributed by atoms with Gasteiger partial charge in [0.1, 0.15) is 0 Å². The van der Waals surface area contributed by atoms with Crippen LogP contribution in [0.5, 0.6) is 0 Å². The molecular formula is C10H17NO6P2. The van der Waals surface area contributed by atoms with Crippen molar-refractivity contribution in [3.05, 3.63) is 35.9 Å². The standard InChI is InChI=1S/C10H17NO6P2/c1-8(9-5-3-2-4-6-9)11-7-10(18(12,13)14)19(15,16)17/h2-6,8,10-11H,7H2,1H3,(H2,12,13,14)(H2,15,16,17). The van der Waals surface area contributed by atoms with E-state index in [1.54, 1.807) is 19.1 Å². The third kappa shape index (κ3) is 5.16. The number of hydrogen-bond donors (Lipinski definition) is 5. The topological polar surface area (TPSA) is 127 Å². The molecule has 0 aromatic heterocycles. The highest BCUT2D eigenvalue weighted by Gasteiger charge is 2.43. The summed E-state index contributed by atoms with van der Waals surface area (Å²) >= 11 is 0. The Labute approximate surface area is 111 Å². The van der Waals surface area contributed by atoms with Crippen molar-refractivity contribution in [2.24, 2.45) is 0 Å². The fourth-order valence-electron chi connectivity index (χ4n) is 1.58. The molecule has 0 aliphatic carbocycles. The van der Waals surface area contributed by atoms with Crippen molar-refractivity contribution in [3.8, 4) is 0 Å². The van der Waals surface area contributed by atoms with Crippen molar-refractivity contribution < 1.29 is 28.7 Å². The zero-order chi connectivity index (χ0) is 14.7. The quantitative estimate of drug-likeness (QED) is 0.496.